The summed E-state index contributed by atoms with van der Waals surface area (Å²) in [4.78, 5) is 28.3. The number of hydrogen-bond acceptors (Lipinski definition) is 17. The van der Waals surface area contributed by atoms with Gasteiger partial charge in [0.05, 0.1) is 25.1 Å². The van der Waals surface area contributed by atoms with Crippen molar-refractivity contribution in [2.24, 2.45) is 0 Å². The number of terminal acetylenes is 1. The number of fused-ring (bicyclic) bond motifs is 1. The SMILES string of the molecule is C#C[C@@]1(O)[C@H](O)[C@@H](COP(O)(=S)OP(=O)(O)OC2OC([C@@H](F)CO)C(O)C(O)C2O)O[C@H]1c1cnc2c(N)ncnn12. The van der Waals surface area contributed by atoms with Crippen LogP contribution in [0, 0.1) is 12.3 Å². The lowest BCUT2D eigenvalue weighted by molar-refractivity contribution is -0.287. The highest BCUT2D eigenvalue weighted by Gasteiger charge is 2.57. The van der Waals surface area contributed by atoms with Crippen molar-refractivity contribution in [3.63, 3.8) is 0 Å². The number of nitrogen functional groups attached to an aromatic ring is 1. The average molecular weight is 661 g/mol. The van der Waals surface area contributed by atoms with Crippen molar-refractivity contribution in [1.82, 2.24) is 19.6 Å². The van der Waals surface area contributed by atoms with Crippen molar-refractivity contribution in [3.05, 3.63) is 18.2 Å². The molecule has 12 atom stereocenters. The molecule has 234 valence electrons. The molecule has 2 saturated heterocycles. The smallest absolute Gasteiger partial charge is 0.393 e. The Kier molecular flexibility index (Phi) is 9.69. The van der Waals surface area contributed by atoms with Crippen LogP contribution in [0.3, 0.4) is 0 Å². The van der Waals surface area contributed by atoms with Gasteiger partial charge in [-0.15, -0.1) is 6.42 Å². The molecule has 2 fully saturated rings. The first-order valence-electron chi connectivity index (χ1n) is 11.7. The Morgan fingerprint density at radius 1 is 1.24 bits per heavy atom. The molecule has 4 heterocycles. The zero-order valence-corrected chi connectivity index (χ0v) is 23.5. The molecule has 0 aromatic carbocycles. The second-order valence-corrected chi connectivity index (χ2v) is 13.5. The van der Waals surface area contributed by atoms with Gasteiger partial charge in [0.2, 0.25) is 0 Å². The molecule has 0 saturated carbocycles. The fourth-order valence-electron chi connectivity index (χ4n) is 4.24. The normalized spacial score (nSPS) is 37.1. The molecule has 0 amide bonds. The zero-order chi connectivity index (χ0) is 31.2. The summed E-state index contributed by atoms with van der Waals surface area (Å²) in [5.74, 6) is 2.01. The number of alkyl halides is 1. The molecule has 23 heteroatoms. The van der Waals surface area contributed by atoms with E-state index in [4.69, 9.17) is 43.1 Å². The van der Waals surface area contributed by atoms with Gasteiger partial charge in [0.25, 0.3) is 0 Å². The topological polar surface area (TPSA) is 294 Å². The molecule has 0 radical (unpaired) electrons. The van der Waals surface area contributed by atoms with E-state index in [0.29, 0.717) is 0 Å². The van der Waals surface area contributed by atoms with Crippen LogP contribution in [0.1, 0.15) is 11.8 Å². The summed E-state index contributed by atoms with van der Waals surface area (Å²) in [5, 5.41) is 64.5. The van der Waals surface area contributed by atoms with E-state index >= 15 is 0 Å². The Hall–Kier alpha value is -1.80. The molecule has 0 spiro atoms. The van der Waals surface area contributed by atoms with Crippen LogP contribution in [-0.4, -0.2) is 128 Å². The number of nitrogens with two attached hydrogens (primary N) is 1. The van der Waals surface area contributed by atoms with Crippen LogP contribution in [0.2, 0.25) is 0 Å². The third-order valence-electron chi connectivity index (χ3n) is 6.35. The lowest BCUT2D eigenvalue weighted by atomic mass is 9.90. The molecule has 42 heavy (non-hydrogen) atoms. The number of aliphatic hydroxyl groups is 6. The van der Waals surface area contributed by atoms with Crippen LogP contribution >= 0.6 is 14.5 Å². The van der Waals surface area contributed by atoms with Gasteiger partial charge in [-0.05, 0) is 11.8 Å². The highest BCUT2D eigenvalue weighted by Crippen LogP contribution is 2.62. The summed E-state index contributed by atoms with van der Waals surface area (Å²) in [6.07, 6.45) is -10.2. The second kappa shape index (κ2) is 12.3. The van der Waals surface area contributed by atoms with Gasteiger partial charge in [0.1, 0.15) is 49.1 Å². The van der Waals surface area contributed by atoms with Gasteiger partial charge in [0, 0.05) is 0 Å². The molecule has 2 aromatic heterocycles. The standard InChI is InChI=1S/C19H26FN5O14P2S/c1-2-19(31)14(30)9(36-15(19)8-3-22-17-16(21)23-6-24-25(8)17)5-35-41(34,42)39-40(32,33)38-18-12(29)10(27)11(28)13(37-18)7(20)4-26/h1,3,6-7,9-15,18,26-31H,4-5H2,(H,32,33)(H,34,42)(H2,21,23,24)/t7-,9+,10?,11?,12?,13?,14+,15-,18?,19+,41?/m0/s1. The molecule has 2 aliphatic rings. The van der Waals surface area contributed by atoms with Gasteiger partial charge >= 0.3 is 14.5 Å². The van der Waals surface area contributed by atoms with Crippen LogP contribution in [0.15, 0.2) is 12.5 Å². The van der Waals surface area contributed by atoms with Gasteiger partial charge < -0.3 is 60.2 Å². The minimum atomic E-state index is -5.54. The van der Waals surface area contributed by atoms with E-state index in [9.17, 15) is 44.3 Å². The lowest BCUT2D eigenvalue weighted by Crippen LogP contribution is -2.60. The maximum Gasteiger partial charge on any atom is 0.481 e. The lowest BCUT2D eigenvalue weighted by Gasteiger charge is -2.41. The van der Waals surface area contributed by atoms with Gasteiger partial charge in [-0.25, -0.2) is 27.7 Å². The number of phosphoric acid groups is 1. The number of aliphatic hydroxyl groups excluding tert-OH is 5. The van der Waals surface area contributed by atoms with Crippen molar-refractivity contribution in [1.29, 1.82) is 0 Å². The minimum absolute atomic E-state index is 0.0158. The fourth-order valence-corrected chi connectivity index (χ4v) is 7.34. The Morgan fingerprint density at radius 3 is 2.57 bits per heavy atom. The first kappa shape index (κ1) is 33.1. The van der Waals surface area contributed by atoms with Crippen molar-refractivity contribution in [2.45, 2.75) is 60.8 Å². The van der Waals surface area contributed by atoms with E-state index in [1.165, 1.54) is 6.20 Å². The monoisotopic (exact) mass is 661 g/mol. The number of halogens is 1. The van der Waals surface area contributed by atoms with E-state index < -0.39 is 88.5 Å². The van der Waals surface area contributed by atoms with Gasteiger partial charge in [-0.1, -0.05) is 5.92 Å². The first-order chi connectivity index (χ1) is 19.5. The van der Waals surface area contributed by atoms with Crippen molar-refractivity contribution in [2.75, 3.05) is 18.9 Å². The number of aromatic nitrogens is 4. The molecule has 10 N–H and O–H groups in total. The number of phosphoric ester groups is 1. The van der Waals surface area contributed by atoms with E-state index in [-0.39, 0.29) is 17.2 Å². The van der Waals surface area contributed by atoms with E-state index in [1.807, 2.05) is 5.92 Å². The molecular formula is C19H26FN5O14P2S. The van der Waals surface area contributed by atoms with E-state index in [0.717, 1.165) is 10.8 Å². The quantitative estimate of drug-likeness (QED) is 0.0877. The highest BCUT2D eigenvalue weighted by atomic mass is 32.5. The van der Waals surface area contributed by atoms with Crippen LogP contribution in [0.4, 0.5) is 10.2 Å². The van der Waals surface area contributed by atoms with Crippen LogP contribution in [0.25, 0.3) is 5.65 Å². The average Bonchev–Trinajstić information content (AvgIpc) is 3.46. The number of anilines is 1. The molecule has 4 rings (SSSR count). The maximum atomic E-state index is 13.9. The maximum absolute atomic E-state index is 13.9. The number of rotatable bonds is 10. The summed E-state index contributed by atoms with van der Waals surface area (Å²) in [6.45, 7) is -6.83. The summed E-state index contributed by atoms with van der Waals surface area (Å²) in [5.41, 5.74) is 3.48. The number of ether oxygens (including phenoxy) is 2. The van der Waals surface area contributed by atoms with Crippen molar-refractivity contribution in [3.8, 4) is 12.3 Å². The number of hydrogen-bond donors (Lipinski definition) is 9. The number of nitrogens with zero attached hydrogens (tertiary/aromatic N) is 4. The molecule has 0 bridgehead atoms. The highest BCUT2D eigenvalue weighted by molar-refractivity contribution is 8.08. The second-order valence-electron chi connectivity index (χ2n) is 9.09. The van der Waals surface area contributed by atoms with Gasteiger partial charge in [-0.3, -0.25) is 4.52 Å². The first-order valence-corrected chi connectivity index (χ1v) is 15.8. The Labute approximate surface area is 240 Å². The third-order valence-corrected chi connectivity index (χ3v) is 9.87. The summed E-state index contributed by atoms with van der Waals surface area (Å²) >= 11 is 4.70. The molecule has 7 unspecified atom stereocenters. The molecule has 2 aromatic rings. The minimum Gasteiger partial charge on any atom is -0.393 e. The van der Waals surface area contributed by atoms with Crippen LogP contribution in [-0.2, 0) is 39.2 Å². The summed E-state index contributed by atoms with van der Waals surface area (Å²) in [7, 11) is -5.54. The molecule has 19 nitrogen and oxygen atoms in total. The zero-order valence-electron chi connectivity index (χ0n) is 20.9. The van der Waals surface area contributed by atoms with Crippen molar-refractivity contribution < 1.29 is 72.2 Å². The van der Waals surface area contributed by atoms with E-state index in [2.05, 4.69) is 23.9 Å². The largest absolute Gasteiger partial charge is 0.481 e. The Balaban J connectivity index is 1.44. The Morgan fingerprint density at radius 2 is 1.93 bits per heavy atom. The fraction of sp³-hybridized carbons (Fsp3) is 0.632. The third kappa shape index (κ3) is 6.36. The van der Waals surface area contributed by atoms with Crippen LogP contribution < -0.4 is 5.73 Å². The van der Waals surface area contributed by atoms with Gasteiger partial charge in [0.15, 0.2) is 29.5 Å². The van der Waals surface area contributed by atoms with Gasteiger partial charge in [-0.2, -0.15) is 5.10 Å². The summed E-state index contributed by atoms with van der Waals surface area (Å²) in [6, 6.07) is 0. The molecular weight excluding hydrogens is 635 g/mol. The molecule has 0 aliphatic carbocycles. The predicted molar refractivity (Wildman–Crippen MR) is 136 cm³/mol. The van der Waals surface area contributed by atoms with Crippen LogP contribution in [0.5, 0.6) is 0 Å². The Bertz CT molecular complexity index is 1430. The molecule has 2 aliphatic heterocycles. The predicted octanol–water partition coefficient (Wildman–Crippen LogP) is -3.62. The van der Waals surface area contributed by atoms with E-state index in [1.54, 1.807) is 0 Å². The number of imidazole rings is 1. The summed E-state index contributed by atoms with van der Waals surface area (Å²) < 4.78 is 52.2. The van der Waals surface area contributed by atoms with Crippen molar-refractivity contribution >= 4 is 37.8 Å².